The molecule has 0 aliphatic rings. The van der Waals surface area contributed by atoms with Gasteiger partial charge in [0.2, 0.25) is 0 Å². The summed E-state index contributed by atoms with van der Waals surface area (Å²) in [6.07, 6.45) is 0. The Morgan fingerprint density at radius 3 is 2.30 bits per heavy atom. The number of ether oxygens (including phenoxy) is 1. The van der Waals surface area contributed by atoms with Gasteiger partial charge in [-0.05, 0) is 44.0 Å². The highest BCUT2D eigenvalue weighted by molar-refractivity contribution is 9.10. The van der Waals surface area contributed by atoms with Crippen molar-refractivity contribution in [3.05, 3.63) is 69.7 Å². The molecule has 0 aliphatic carbocycles. The Morgan fingerprint density at radius 1 is 1.07 bits per heavy atom. The van der Waals surface area contributed by atoms with Crippen molar-refractivity contribution < 1.29 is 19.4 Å². The van der Waals surface area contributed by atoms with Crippen molar-refractivity contribution >= 4 is 27.9 Å². The molecule has 0 fully saturated rings. The van der Waals surface area contributed by atoms with Gasteiger partial charge in [-0.2, -0.15) is 0 Å². The van der Waals surface area contributed by atoms with Gasteiger partial charge in [-0.25, -0.2) is 4.79 Å². The first kappa shape index (κ1) is 21.1. The van der Waals surface area contributed by atoms with E-state index in [2.05, 4.69) is 15.9 Å². The number of carboxylic acid groups (broad SMARTS) is 1. The number of carboxylic acids is 1. The average molecular weight is 434 g/mol. The van der Waals surface area contributed by atoms with E-state index in [1.54, 1.807) is 18.2 Å². The lowest BCUT2D eigenvalue weighted by Gasteiger charge is -2.25. The number of nitrogens with zero attached hydrogens (tertiary/aromatic N) is 1. The van der Waals surface area contributed by atoms with Gasteiger partial charge in [0, 0.05) is 17.6 Å². The molecular weight excluding hydrogens is 410 g/mol. The summed E-state index contributed by atoms with van der Waals surface area (Å²) in [7, 11) is 0. The largest absolute Gasteiger partial charge is 0.478 e. The van der Waals surface area contributed by atoms with Crippen LogP contribution in [0.15, 0.2) is 53.0 Å². The number of hydrogen-bond acceptors (Lipinski definition) is 4. The highest BCUT2D eigenvalue weighted by Crippen LogP contribution is 2.22. The third-order valence-corrected chi connectivity index (χ3v) is 4.45. The van der Waals surface area contributed by atoms with Crippen molar-refractivity contribution in [3.63, 3.8) is 0 Å². The molecule has 0 heterocycles. The van der Waals surface area contributed by atoms with E-state index in [1.807, 2.05) is 56.0 Å². The predicted octanol–water partition coefficient (Wildman–Crippen LogP) is 4.49. The van der Waals surface area contributed by atoms with Crippen LogP contribution in [0.2, 0.25) is 0 Å². The Kier molecular flexibility index (Phi) is 7.16. The molecule has 0 bridgehead atoms. The molecule has 144 valence electrons. The third-order valence-electron chi connectivity index (χ3n) is 3.72. The topological polar surface area (TPSA) is 66.8 Å². The predicted molar refractivity (Wildman–Crippen MR) is 108 cm³/mol. The number of halogens is 1. The second-order valence-corrected chi connectivity index (χ2v) is 8.18. The molecule has 2 aromatic rings. The minimum absolute atomic E-state index is 0.138. The van der Waals surface area contributed by atoms with Crippen LogP contribution in [0, 0.1) is 0 Å². The number of benzene rings is 2. The lowest BCUT2D eigenvalue weighted by atomic mass is 10.1. The molecule has 0 radical (unpaired) electrons. The van der Waals surface area contributed by atoms with Gasteiger partial charge >= 0.3 is 11.9 Å². The minimum atomic E-state index is -0.975. The summed E-state index contributed by atoms with van der Waals surface area (Å²) >= 11 is 3.44. The van der Waals surface area contributed by atoms with Crippen molar-refractivity contribution in [3.8, 4) is 0 Å². The van der Waals surface area contributed by atoms with Crippen LogP contribution in [0.5, 0.6) is 0 Å². The molecule has 5 nitrogen and oxygen atoms in total. The molecule has 0 amide bonds. The van der Waals surface area contributed by atoms with E-state index in [9.17, 15) is 9.59 Å². The molecule has 27 heavy (non-hydrogen) atoms. The van der Waals surface area contributed by atoms with E-state index < -0.39 is 11.6 Å². The summed E-state index contributed by atoms with van der Waals surface area (Å²) in [5, 5.41) is 9.11. The number of carbonyl (C=O) groups excluding carboxylic acids is 1. The summed E-state index contributed by atoms with van der Waals surface area (Å²) in [6, 6.07) is 14.8. The van der Waals surface area contributed by atoms with Crippen molar-refractivity contribution in [2.45, 2.75) is 39.5 Å². The van der Waals surface area contributed by atoms with E-state index in [0.717, 1.165) is 11.1 Å². The van der Waals surface area contributed by atoms with E-state index in [1.165, 1.54) is 0 Å². The monoisotopic (exact) mass is 433 g/mol. The van der Waals surface area contributed by atoms with Crippen molar-refractivity contribution in [1.82, 2.24) is 4.90 Å². The Morgan fingerprint density at radius 2 is 1.74 bits per heavy atom. The molecule has 0 spiro atoms. The van der Waals surface area contributed by atoms with Gasteiger partial charge in [-0.3, -0.25) is 9.69 Å². The molecule has 0 saturated heterocycles. The second-order valence-electron chi connectivity index (χ2n) is 7.33. The van der Waals surface area contributed by atoms with E-state index in [0.29, 0.717) is 17.6 Å². The average Bonchev–Trinajstić information content (AvgIpc) is 2.55. The fraction of sp³-hybridized carbons (Fsp3) is 0.333. The number of aromatic carboxylic acids is 1. The maximum atomic E-state index is 12.3. The van der Waals surface area contributed by atoms with Gasteiger partial charge in [-0.1, -0.05) is 52.3 Å². The van der Waals surface area contributed by atoms with Gasteiger partial charge in [0.25, 0.3) is 0 Å². The highest BCUT2D eigenvalue weighted by Gasteiger charge is 2.20. The van der Waals surface area contributed by atoms with Crippen LogP contribution in [0.3, 0.4) is 0 Å². The quantitative estimate of drug-likeness (QED) is 0.651. The van der Waals surface area contributed by atoms with Crippen LogP contribution in [0.1, 0.15) is 42.3 Å². The van der Waals surface area contributed by atoms with Crippen LogP contribution in [-0.4, -0.2) is 34.1 Å². The fourth-order valence-electron chi connectivity index (χ4n) is 2.62. The summed E-state index contributed by atoms with van der Waals surface area (Å²) < 4.78 is 6.15. The smallest absolute Gasteiger partial charge is 0.335 e. The molecule has 0 unspecified atom stereocenters. The van der Waals surface area contributed by atoms with Crippen LogP contribution in [0.25, 0.3) is 0 Å². The lowest BCUT2D eigenvalue weighted by Crippen LogP contribution is -2.34. The van der Waals surface area contributed by atoms with E-state index in [-0.39, 0.29) is 18.1 Å². The zero-order valence-electron chi connectivity index (χ0n) is 15.7. The summed E-state index contributed by atoms with van der Waals surface area (Å²) in [6.45, 7) is 6.72. The Bertz CT molecular complexity index is 800. The van der Waals surface area contributed by atoms with Crippen LogP contribution < -0.4 is 0 Å². The number of rotatable bonds is 7. The van der Waals surface area contributed by atoms with Gasteiger partial charge < -0.3 is 9.84 Å². The Hall–Kier alpha value is -2.18. The van der Waals surface area contributed by atoms with Crippen LogP contribution >= 0.6 is 15.9 Å². The third kappa shape index (κ3) is 7.15. The summed E-state index contributed by atoms with van der Waals surface area (Å²) in [4.78, 5) is 25.4. The molecule has 1 N–H and O–H groups in total. The molecule has 0 atom stereocenters. The van der Waals surface area contributed by atoms with Crippen molar-refractivity contribution in [2.75, 3.05) is 6.54 Å². The molecule has 6 heteroatoms. The lowest BCUT2D eigenvalue weighted by molar-refractivity contribution is -0.156. The maximum Gasteiger partial charge on any atom is 0.335 e. The standard InChI is InChI=1S/C21H24BrNO4/c1-21(2,3)27-19(24)14-23(12-15-7-5-4-6-8-15)13-17-10-9-16(20(25)26)11-18(17)22/h4-11H,12-14H2,1-3H3,(H,25,26). The number of hydrogen-bond donors (Lipinski definition) is 1. The first-order valence-electron chi connectivity index (χ1n) is 8.64. The summed E-state index contributed by atoms with van der Waals surface area (Å²) in [5.74, 6) is -1.27. The molecule has 0 aromatic heterocycles. The van der Waals surface area contributed by atoms with Gasteiger partial charge in [0.05, 0.1) is 12.1 Å². The van der Waals surface area contributed by atoms with Gasteiger partial charge in [-0.15, -0.1) is 0 Å². The molecule has 2 rings (SSSR count). The fourth-order valence-corrected chi connectivity index (χ4v) is 3.12. The van der Waals surface area contributed by atoms with Crippen molar-refractivity contribution in [1.29, 1.82) is 0 Å². The highest BCUT2D eigenvalue weighted by atomic mass is 79.9. The second kappa shape index (κ2) is 9.15. The zero-order chi connectivity index (χ0) is 20.0. The zero-order valence-corrected chi connectivity index (χ0v) is 17.3. The molecule has 2 aromatic carbocycles. The number of carbonyl (C=O) groups is 2. The first-order chi connectivity index (χ1) is 12.6. The molecule has 0 aliphatic heterocycles. The van der Waals surface area contributed by atoms with Gasteiger partial charge in [0.1, 0.15) is 5.60 Å². The number of esters is 1. The van der Waals surface area contributed by atoms with Gasteiger partial charge in [0.15, 0.2) is 0 Å². The van der Waals surface area contributed by atoms with E-state index >= 15 is 0 Å². The maximum absolute atomic E-state index is 12.3. The van der Waals surface area contributed by atoms with Crippen LogP contribution in [-0.2, 0) is 22.6 Å². The first-order valence-corrected chi connectivity index (χ1v) is 9.43. The Balaban J connectivity index is 2.18. The molecule has 0 saturated carbocycles. The summed E-state index contributed by atoms with van der Waals surface area (Å²) in [5.41, 5.74) is 1.66. The van der Waals surface area contributed by atoms with Crippen molar-refractivity contribution in [2.24, 2.45) is 0 Å². The van der Waals surface area contributed by atoms with E-state index in [4.69, 9.17) is 9.84 Å². The SMILES string of the molecule is CC(C)(C)OC(=O)CN(Cc1ccccc1)Cc1ccc(C(=O)O)cc1Br. The Labute approximate surface area is 168 Å². The molecular formula is C21H24BrNO4. The minimum Gasteiger partial charge on any atom is -0.478 e. The normalized spacial score (nSPS) is 11.4. The van der Waals surface area contributed by atoms with Crippen LogP contribution in [0.4, 0.5) is 0 Å².